The second kappa shape index (κ2) is 6.90. The van der Waals surface area contributed by atoms with E-state index < -0.39 is 27.0 Å². The Hall–Kier alpha value is -1.09. The topological polar surface area (TPSA) is 106 Å². The van der Waals surface area contributed by atoms with Gasteiger partial charge in [-0.25, -0.2) is 17.9 Å². The molecule has 1 aromatic rings. The molecular weight excluding hydrogens is 298 g/mol. The van der Waals surface area contributed by atoms with Gasteiger partial charge < -0.3 is 14.3 Å². The third-order valence-electron chi connectivity index (χ3n) is 2.12. The first-order valence-electron chi connectivity index (χ1n) is 5.48. The van der Waals surface area contributed by atoms with Crippen molar-refractivity contribution in [3.05, 3.63) is 17.0 Å². The molecule has 0 spiro atoms. The Morgan fingerprint density at radius 1 is 1.58 bits per heavy atom. The Balaban J connectivity index is 2.69. The first-order valence-corrected chi connectivity index (χ1v) is 7.34. The lowest BCUT2D eigenvalue weighted by Crippen LogP contribution is -2.25. The fraction of sp³-hybridized carbons (Fsp3) is 0.500. The molecule has 0 radical (unpaired) electrons. The van der Waals surface area contributed by atoms with Crippen LogP contribution in [0.5, 0.6) is 0 Å². The standard InChI is InChI=1S/C10H14ClNO6S/c1-2-17-5-3-4-12-19(15,16)8-6-7(10(13)14)18-9(8)11/h6,12H,2-5H2,1H3,(H,13,14). The largest absolute Gasteiger partial charge is 0.475 e. The quantitative estimate of drug-likeness (QED) is 0.702. The highest BCUT2D eigenvalue weighted by atomic mass is 35.5. The highest BCUT2D eigenvalue weighted by molar-refractivity contribution is 7.89. The number of furan rings is 1. The summed E-state index contributed by atoms with van der Waals surface area (Å²) >= 11 is 5.56. The van der Waals surface area contributed by atoms with Crippen molar-refractivity contribution in [1.29, 1.82) is 0 Å². The molecule has 0 aliphatic heterocycles. The van der Waals surface area contributed by atoms with Gasteiger partial charge in [0, 0.05) is 25.8 Å². The van der Waals surface area contributed by atoms with Gasteiger partial charge in [0.2, 0.25) is 21.0 Å². The number of ether oxygens (including phenoxy) is 1. The maximum absolute atomic E-state index is 11.8. The lowest BCUT2D eigenvalue weighted by atomic mass is 10.5. The number of sulfonamides is 1. The molecule has 0 saturated heterocycles. The average Bonchev–Trinajstić information content (AvgIpc) is 2.72. The maximum atomic E-state index is 11.8. The van der Waals surface area contributed by atoms with E-state index in [0.29, 0.717) is 19.6 Å². The molecule has 0 aliphatic carbocycles. The molecule has 1 heterocycles. The smallest absolute Gasteiger partial charge is 0.371 e. The van der Waals surface area contributed by atoms with Gasteiger partial charge in [-0.2, -0.15) is 0 Å². The van der Waals surface area contributed by atoms with E-state index in [9.17, 15) is 13.2 Å². The van der Waals surface area contributed by atoms with Crippen LogP contribution in [-0.2, 0) is 14.8 Å². The normalized spacial score (nSPS) is 11.7. The summed E-state index contributed by atoms with van der Waals surface area (Å²) in [5, 5.41) is 8.20. The molecule has 0 bridgehead atoms. The molecular formula is C10H14ClNO6S. The van der Waals surface area contributed by atoms with Crippen molar-refractivity contribution in [3.63, 3.8) is 0 Å². The van der Waals surface area contributed by atoms with E-state index in [1.165, 1.54) is 0 Å². The van der Waals surface area contributed by atoms with Crippen molar-refractivity contribution in [2.75, 3.05) is 19.8 Å². The maximum Gasteiger partial charge on any atom is 0.371 e. The second-order valence-electron chi connectivity index (χ2n) is 3.50. The molecule has 2 N–H and O–H groups in total. The number of hydrogen-bond donors (Lipinski definition) is 2. The predicted molar refractivity (Wildman–Crippen MR) is 67.0 cm³/mol. The van der Waals surface area contributed by atoms with Gasteiger partial charge in [0.1, 0.15) is 4.90 Å². The van der Waals surface area contributed by atoms with Gasteiger partial charge in [-0.05, 0) is 24.9 Å². The summed E-state index contributed by atoms with van der Waals surface area (Å²) in [5.41, 5.74) is 0. The van der Waals surface area contributed by atoms with Gasteiger partial charge in [-0.1, -0.05) is 0 Å². The Bertz CT molecular complexity index is 538. The van der Waals surface area contributed by atoms with E-state index in [2.05, 4.69) is 9.14 Å². The van der Waals surface area contributed by atoms with Crippen LogP contribution in [0.3, 0.4) is 0 Å². The minimum absolute atomic E-state index is 0.159. The first-order chi connectivity index (χ1) is 8.88. The van der Waals surface area contributed by atoms with Crippen LogP contribution in [-0.4, -0.2) is 39.3 Å². The number of aromatic carboxylic acids is 1. The minimum atomic E-state index is -3.89. The van der Waals surface area contributed by atoms with Gasteiger partial charge in [0.25, 0.3) is 0 Å². The van der Waals surface area contributed by atoms with Crippen molar-refractivity contribution in [2.45, 2.75) is 18.2 Å². The van der Waals surface area contributed by atoms with Crippen molar-refractivity contribution in [1.82, 2.24) is 4.72 Å². The van der Waals surface area contributed by atoms with Crippen LogP contribution < -0.4 is 4.72 Å². The molecule has 0 amide bonds. The number of nitrogens with one attached hydrogen (secondary N) is 1. The second-order valence-corrected chi connectivity index (χ2v) is 5.58. The molecule has 1 rings (SSSR count). The predicted octanol–water partition coefficient (Wildman–Crippen LogP) is 1.34. The lowest BCUT2D eigenvalue weighted by molar-refractivity contribution is 0.0662. The van der Waals surface area contributed by atoms with Crippen molar-refractivity contribution in [3.8, 4) is 0 Å². The number of halogens is 1. The summed E-state index contributed by atoms with van der Waals surface area (Å²) in [5.74, 6) is -1.92. The SMILES string of the molecule is CCOCCCNS(=O)(=O)c1cc(C(=O)O)oc1Cl. The molecule has 0 atom stereocenters. The van der Waals surface area contributed by atoms with Gasteiger partial charge >= 0.3 is 5.97 Å². The summed E-state index contributed by atoms with van der Waals surface area (Å²) < 4.78 is 35.6. The zero-order valence-electron chi connectivity index (χ0n) is 10.2. The Morgan fingerprint density at radius 2 is 2.26 bits per heavy atom. The average molecular weight is 312 g/mol. The Labute approximate surface area is 115 Å². The third-order valence-corrected chi connectivity index (χ3v) is 3.98. The van der Waals surface area contributed by atoms with E-state index in [1.807, 2.05) is 6.92 Å². The number of carboxylic acids is 1. The molecule has 108 valence electrons. The van der Waals surface area contributed by atoms with Crippen LogP contribution in [0.4, 0.5) is 0 Å². The molecule has 0 saturated carbocycles. The molecule has 0 aromatic carbocycles. The van der Waals surface area contributed by atoms with Gasteiger partial charge in [-0.15, -0.1) is 0 Å². The number of rotatable bonds is 8. The van der Waals surface area contributed by atoms with E-state index in [0.717, 1.165) is 6.07 Å². The van der Waals surface area contributed by atoms with Crippen molar-refractivity contribution < 1.29 is 27.5 Å². The highest BCUT2D eigenvalue weighted by Gasteiger charge is 2.24. The third kappa shape index (κ3) is 4.50. The zero-order valence-corrected chi connectivity index (χ0v) is 11.8. The molecule has 9 heteroatoms. The highest BCUT2D eigenvalue weighted by Crippen LogP contribution is 2.25. The first kappa shape index (κ1) is 16.0. The fourth-order valence-corrected chi connectivity index (χ4v) is 2.77. The summed E-state index contributed by atoms with van der Waals surface area (Å²) in [6.07, 6.45) is 0.494. The van der Waals surface area contributed by atoms with Crippen LogP contribution in [0.2, 0.25) is 5.22 Å². The van der Waals surface area contributed by atoms with E-state index in [1.54, 1.807) is 0 Å². The van der Waals surface area contributed by atoms with Crippen LogP contribution in [0.25, 0.3) is 0 Å². The van der Waals surface area contributed by atoms with Gasteiger partial charge in [-0.3, -0.25) is 0 Å². The van der Waals surface area contributed by atoms with Crippen LogP contribution >= 0.6 is 11.6 Å². The summed E-state index contributed by atoms with van der Waals surface area (Å²) in [4.78, 5) is 10.3. The zero-order chi connectivity index (χ0) is 14.5. The molecule has 7 nitrogen and oxygen atoms in total. The molecule has 0 aliphatic rings. The fourth-order valence-electron chi connectivity index (χ4n) is 1.24. The summed E-state index contributed by atoms with van der Waals surface area (Å²) in [6, 6.07) is 0.871. The van der Waals surface area contributed by atoms with E-state index >= 15 is 0 Å². The molecule has 19 heavy (non-hydrogen) atoms. The molecule has 0 unspecified atom stereocenters. The monoisotopic (exact) mass is 311 g/mol. The summed E-state index contributed by atoms with van der Waals surface area (Å²) in [7, 11) is -3.89. The van der Waals surface area contributed by atoms with Crippen LogP contribution in [0, 0.1) is 0 Å². The number of carboxylic acid groups (broad SMARTS) is 1. The van der Waals surface area contributed by atoms with Crippen LogP contribution in [0.15, 0.2) is 15.4 Å². The molecule has 0 fully saturated rings. The number of carbonyl (C=O) groups is 1. The summed E-state index contributed by atoms with van der Waals surface area (Å²) in [6.45, 7) is 2.98. The van der Waals surface area contributed by atoms with E-state index in [4.69, 9.17) is 21.4 Å². The molecule has 1 aromatic heterocycles. The van der Waals surface area contributed by atoms with Crippen LogP contribution in [0.1, 0.15) is 23.9 Å². The Kier molecular flexibility index (Phi) is 5.80. The number of hydrogen-bond acceptors (Lipinski definition) is 5. The van der Waals surface area contributed by atoms with Gasteiger partial charge in [0.05, 0.1) is 0 Å². The van der Waals surface area contributed by atoms with Crippen molar-refractivity contribution >= 4 is 27.6 Å². The lowest BCUT2D eigenvalue weighted by Gasteiger charge is -2.04. The van der Waals surface area contributed by atoms with Gasteiger partial charge in [0.15, 0.2) is 0 Å². The minimum Gasteiger partial charge on any atom is -0.475 e. The Morgan fingerprint density at radius 3 is 2.79 bits per heavy atom. The van der Waals surface area contributed by atoms with Crippen molar-refractivity contribution in [2.24, 2.45) is 0 Å². The van der Waals surface area contributed by atoms with E-state index in [-0.39, 0.29) is 11.4 Å².